The van der Waals surface area contributed by atoms with E-state index in [1.54, 1.807) is 29.1 Å². The molecular weight excluding hydrogens is 400 g/mol. The standard InChI is InChI=1S/C12H10Cl2IN3O/c1-2-18-11(9(15)6-16-18)12(19)17-10-5-7(13)3-4-8(10)14/h3-6H,2H2,1H3,(H,17,19). The highest BCUT2D eigenvalue weighted by molar-refractivity contribution is 14.1. The Kier molecular flexibility index (Phi) is 4.70. The molecule has 0 atom stereocenters. The zero-order valence-corrected chi connectivity index (χ0v) is 13.6. The number of hydrogen-bond acceptors (Lipinski definition) is 2. The molecule has 0 radical (unpaired) electrons. The predicted molar refractivity (Wildman–Crippen MR) is 85.0 cm³/mol. The van der Waals surface area contributed by atoms with E-state index in [0.29, 0.717) is 28.0 Å². The van der Waals surface area contributed by atoms with Gasteiger partial charge in [0.05, 0.1) is 20.5 Å². The Morgan fingerprint density at radius 3 is 2.89 bits per heavy atom. The molecule has 0 aliphatic heterocycles. The molecule has 0 aliphatic carbocycles. The van der Waals surface area contributed by atoms with Gasteiger partial charge in [0.2, 0.25) is 0 Å². The summed E-state index contributed by atoms with van der Waals surface area (Å²) in [4.78, 5) is 12.3. The first-order valence-electron chi connectivity index (χ1n) is 5.50. The highest BCUT2D eigenvalue weighted by Gasteiger charge is 2.17. The van der Waals surface area contributed by atoms with E-state index in [-0.39, 0.29) is 5.91 Å². The van der Waals surface area contributed by atoms with Crippen molar-refractivity contribution in [3.63, 3.8) is 0 Å². The Balaban J connectivity index is 2.30. The SMILES string of the molecule is CCn1ncc(I)c1C(=O)Nc1cc(Cl)ccc1Cl. The molecule has 7 heteroatoms. The van der Waals surface area contributed by atoms with Crippen LogP contribution in [0.5, 0.6) is 0 Å². The maximum Gasteiger partial charge on any atom is 0.275 e. The number of aryl methyl sites for hydroxylation is 1. The van der Waals surface area contributed by atoms with Crippen molar-refractivity contribution in [2.24, 2.45) is 0 Å². The molecule has 0 saturated carbocycles. The van der Waals surface area contributed by atoms with Gasteiger partial charge in [-0.3, -0.25) is 9.48 Å². The van der Waals surface area contributed by atoms with Gasteiger partial charge in [0.25, 0.3) is 5.91 Å². The first-order valence-corrected chi connectivity index (χ1v) is 7.34. The molecule has 0 saturated heterocycles. The number of rotatable bonds is 3. The van der Waals surface area contributed by atoms with E-state index < -0.39 is 0 Å². The van der Waals surface area contributed by atoms with Gasteiger partial charge in [-0.1, -0.05) is 23.2 Å². The van der Waals surface area contributed by atoms with Crippen LogP contribution in [0.2, 0.25) is 10.0 Å². The quantitative estimate of drug-likeness (QED) is 0.776. The Bertz CT molecular complexity index is 627. The highest BCUT2D eigenvalue weighted by Crippen LogP contribution is 2.26. The molecule has 2 aromatic rings. The van der Waals surface area contributed by atoms with Crippen LogP contribution in [0.4, 0.5) is 5.69 Å². The zero-order chi connectivity index (χ0) is 14.0. The molecule has 0 fully saturated rings. The second-order valence-corrected chi connectivity index (χ2v) is 5.74. The summed E-state index contributed by atoms with van der Waals surface area (Å²) in [5.41, 5.74) is 0.998. The Morgan fingerprint density at radius 2 is 2.21 bits per heavy atom. The lowest BCUT2D eigenvalue weighted by Gasteiger charge is -2.09. The van der Waals surface area contributed by atoms with Gasteiger partial charge in [0, 0.05) is 11.6 Å². The molecule has 4 nitrogen and oxygen atoms in total. The van der Waals surface area contributed by atoms with Gasteiger partial charge in [-0.25, -0.2) is 0 Å². The number of benzene rings is 1. The molecule has 0 bridgehead atoms. The number of nitrogens with zero attached hydrogens (tertiary/aromatic N) is 2. The first-order chi connectivity index (χ1) is 9.02. The fraction of sp³-hybridized carbons (Fsp3) is 0.167. The van der Waals surface area contributed by atoms with Crippen LogP contribution in [0.3, 0.4) is 0 Å². The van der Waals surface area contributed by atoms with Gasteiger partial charge in [-0.15, -0.1) is 0 Å². The van der Waals surface area contributed by atoms with Crippen molar-refractivity contribution in [3.05, 3.63) is 43.7 Å². The summed E-state index contributed by atoms with van der Waals surface area (Å²) in [6, 6.07) is 4.92. The third-order valence-electron chi connectivity index (χ3n) is 2.49. The topological polar surface area (TPSA) is 46.9 Å². The molecule has 2 rings (SSSR count). The fourth-order valence-electron chi connectivity index (χ4n) is 1.60. The first kappa shape index (κ1) is 14.6. The zero-order valence-electron chi connectivity index (χ0n) is 9.95. The number of nitrogens with one attached hydrogen (secondary N) is 1. The summed E-state index contributed by atoms with van der Waals surface area (Å²) in [5, 5.41) is 7.83. The number of anilines is 1. The second-order valence-electron chi connectivity index (χ2n) is 3.74. The average Bonchev–Trinajstić information content (AvgIpc) is 2.75. The minimum Gasteiger partial charge on any atom is -0.319 e. The smallest absolute Gasteiger partial charge is 0.275 e. The molecule has 1 N–H and O–H groups in total. The van der Waals surface area contributed by atoms with E-state index >= 15 is 0 Å². The van der Waals surface area contributed by atoms with Crippen molar-refractivity contribution < 1.29 is 4.79 Å². The third-order valence-corrected chi connectivity index (χ3v) is 3.84. The molecule has 1 heterocycles. The van der Waals surface area contributed by atoms with Crippen molar-refractivity contribution >= 4 is 57.4 Å². The summed E-state index contributed by atoms with van der Waals surface area (Å²) in [6.07, 6.45) is 1.65. The number of aromatic nitrogens is 2. The van der Waals surface area contributed by atoms with Crippen molar-refractivity contribution in [1.82, 2.24) is 9.78 Å². The van der Waals surface area contributed by atoms with Gasteiger partial charge in [-0.05, 0) is 47.7 Å². The summed E-state index contributed by atoms with van der Waals surface area (Å²) in [6.45, 7) is 2.54. The van der Waals surface area contributed by atoms with E-state index in [1.807, 2.05) is 6.92 Å². The van der Waals surface area contributed by atoms with Gasteiger partial charge < -0.3 is 5.32 Å². The fourth-order valence-corrected chi connectivity index (χ4v) is 2.59. The van der Waals surface area contributed by atoms with Crippen LogP contribution < -0.4 is 5.32 Å². The van der Waals surface area contributed by atoms with E-state index in [2.05, 4.69) is 33.0 Å². The molecule has 0 aliphatic rings. The lowest BCUT2D eigenvalue weighted by atomic mass is 10.3. The monoisotopic (exact) mass is 409 g/mol. The number of amides is 1. The summed E-state index contributed by atoms with van der Waals surface area (Å²) < 4.78 is 2.42. The lowest BCUT2D eigenvalue weighted by molar-refractivity contribution is 0.101. The third kappa shape index (κ3) is 3.21. The van der Waals surface area contributed by atoms with Crippen molar-refractivity contribution in [2.75, 3.05) is 5.32 Å². The molecule has 0 unspecified atom stereocenters. The second kappa shape index (κ2) is 6.11. The molecule has 1 aromatic carbocycles. The summed E-state index contributed by atoms with van der Waals surface area (Å²) in [5.74, 6) is -0.257. The number of carbonyl (C=O) groups is 1. The van der Waals surface area contributed by atoms with Crippen LogP contribution in [0.15, 0.2) is 24.4 Å². The van der Waals surface area contributed by atoms with Crippen LogP contribution in [-0.2, 0) is 6.54 Å². The normalized spacial score (nSPS) is 10.5. The van der Waals surface area contributed by atoms with E-state index in [0.717, 1.165) is 3.57 Å². The average molecular weight is 410 g/mol. The van der Waals surface area contributed by atoms with Crippen LogP contribution in [0.25, 0.3) is 0 Å². The van der Waals surface area contributed by atoms with Crippen molar-refractivity contribution in [1.29, 1.82) is 0 Å². The lowest BCUT2D eigenvalue weighted by Crippen LogP contribution is -2.18. The van der Waals surface area contributed by atoms with Gasteiger partial charge >= 0.3 is 0 Å². The predicted octanol–water partition coefficient (Wildman–Crippen LogP) is 4.07. The van der Waals surface area contributed by atoms with Gasteiger partial charge in [-0.2, -0.15) is 5.10 Å². The molecule has 100 valence electrons. The van der Waals surface area contributed by atoms with E-state index in [4.69, 9.17) is 23.2 Å². The maximum absolute atomic E-state index is 12.3. The van der Waals surface area contributed by atoms with Crippen molar-refractivity contribution in [2.45, 2.75) is 13.5 Å². The highest BCUT2D eigenvalue weighted by atomic mass is 127. The minimum absolute atomic E-state index is 0.257. The molecule has 0 spiro atoms. The van der Waals surface area contributed by atoms with E-state index in [9.17, 15) is 4.79 Å². The summed E-state index contributed by atoms with van der Waals surface area (Å²) >= 11 is 14.0. The van der Waals surface area contributed by atoms with Crippen LogP contribution in [0.1, 0.15) is 17.4 Å². The number of carbonyl (C=O) groups excluding carboxylic acids is 1. The Morgan fingerprint density at radius 1 is 1.47 bits per heavy atom. The van der Waals surface area contributed by atoms with Crippen molar-refractivity contribution in [3.8, 4) is 0 Å². The van der Waals surface area contributed by atoms with Crippen LogP contribution in [-0.4, -0.2) is 15.7 Å². The number of hydrogen-bond donors (Lipinski definition) is 1. The molecule has 19 heavy (non-hydrogen) atoms. The Hall–Kier alpha value is -0.790. The molecular formula is C12H10Cl2IN3O. The summed E-state index contributed by atoms with van der Waals surface area (Å²) in [7, 11) is 0. The van der Waals surface area contributed by atoms with Gasteiger partial charge in [0.15, 0.2) is 0 Å². The minimum atomic E-state index is -0.257. The van der Waals surface area contributed by atoms with Gasteiger partial charge in [0.1, 0.15) is 5.69 Å². The Labute approximate surface area is 134 Å². The van der Waals surface area contributed by atoms with Crippen LogP contribution >= 0.6 is 45.8 Å². The largest absolute Gasteiger partial charge is 0.319 e. The maximum atomic E-state index is 12.3. The van der Waals surface area contributed by atoms with E-state index in [1.165, 1.54) is 0 Å². The molecule has 1 aromatic heterocycles. The van der Waals surface area contributed by atoms with Crippen LogP contribution in [0, 0.1) is 3.57 Å². The molecule has 1 amide bonds. The number of halogens is 3.